The van der Waals surface area contributed by atoms with Crippen molar-refractivity contribution in [2.24, 2.45) is 13.0 Å². The number of nitrogens with one attached hydrogen (secondary N) is 2. The minimum atomic E-state index is -3.82. The van der Waals surface area contributed by atoms with Crippen molar-refractivity contribution in [2.45, 2.75) is 17.7 Å². The Morgan fingerprint density at radius 2 is 1.82 bits per heavy atom. The van der Waals surface area contributed by atoms with E-state index in [2.05, 4.69) is 25.1 Å². The first kappa shape index (κ1) is 18.6. The molecule has 148 valence electrons. The third-order valence-corrected chi connectivity index (χ3v) is 5.99. The van der Waals surface area contributed by atoms with Gasteiger partial charge in [-0.3, -0.25) is 9.40 Å². The van der Waals surface area contributed by atoms with E-state index < -0.39 is 10.0 Å². The molecule has 0 atom stereocenters. The lowest BCUT2D eigenvalue weighted by molar-refractivity contribution is 0.0699. The number of aromatic nitrogens is 4. The zero-order chi connectivity index (χ0) is 19.6. The van der Waals surface area contributed by atoms with Crippen molar-refractivity contribution in [3.63, 3.8) is 0 Å². The van der Waals surface area contributed by atoms with Gasteiger partial charge in [-0.25, -0.2) is 18.4 Å². The first-order valence-corrected chi connectivity index (χ1v) is 10.6. The second-order valence-electron chi connectivity index (χ2n) is 6.80. The Morgan fingerprint density at radius 1 is 1.14 bits per heavy atom. The molecule has 0 saturated carbocycles. The van der Waals surface area contributed by atoms with Gasteiger partial charge in [0.15, 0.2) is 11.6 Å². The Bertz CT molecular complexity index is 1080. The van der Waals surface area contributed by atoms with Crippen LogP contribution in [-0.4, -0.2) is 47.9 Å². The highest BCUT2D eigenvalue weighted by Gasteiger charge is 2.21. The topological polar surface area (TPSA) is 111 Å². The van der Waals surface area contributed by atoms with Crippen LogP contribution in [0.4, 0.5) is 11.6 Å². The molecule has 1 aromatic carbocycles. The van der Waals surface area contributed by atoms with Crippen molar-refractivity contribution in [1.29, 1.82) is 0 Å². The number of nitrogens with zero attached hydrogens (tertiary/aromatic N) is 4. The minimum Gasteiger partial charge on any atom is -0.381 e. The molecule has 2 aromatic heterocycles. The van der Waals surface area contributed by atoms with Gasteiger partial charge in [0.1, 0.15) is 4.90 Å². The molecule has 1 aliphatic rings. The van der Waals surface area contributed by atoms with Gasteiger partial charge in [0, 0.05) is 33.0 Å². The molecule has 0 spiro atoms. The van der Waals surface area contributed by atoms with Gasteiger partial charge in [0.25, 0.3) is 10.0 Å². The molecule has 28 heavy (non-hydrogen) atoms. The van der Waals surface area contributed by atoms with Crippen LogP contribution in [0.5, 0.6) is 0 Å². The Morgan fingerprint density at radius 3 is 2.46 bits per heavy atom. The van der Waals surface area contributed by atoms with E-state index in [1.807, 2.05) is 18.2 Å². The number of anilines is 2. The smallest absolute Gasteiger partial charge is 0.266 e. The largest absolute Gasteiger partial charge is 0.381 e. The molecule has 3 heterocycles. The number of fused-ring (bicyclic) bond motifs is 1. The van der Waals surface area contributed by atoms with Crippen molar-refractivity contribution < 1.29 is 13.2 Å². The number of rotatable bonds is 6. The summed E-state index contributed by atoms with van der Waals surface area (Å²) in [5.74, 6) is 1.04. The van der Waals surface area contributed by atoms with Crippen LogP contribution < -0.4 is 10.0 Å². The molecule has 0 radical (unpaired) electrons. The van der Waals surface area contributed by atoms with Gasteiger partial charge in [-0.1, -0.05) is 12.1 Å². The van der Waals surface area contributed by atoms with Crippen LogP contribution in [0.25, 0.3) is 11.0 Å². The summed E-state index contributed by atoms with van der Waals surface area (Å²) in [7, 11) is -2.16. The maximum Gasteiger partial charge on any atom is 0.266 e. The zero-order valence-corrected chi connectivity index (χ0v) is 16.3. The number of ether oxygens (including phenoxy) is 1. The molecule has 3 aromatic rings. The predicted octanol–water partition coefficient (Wildman–Crippen LogP) is 2.00. The average Bonchev–Trinajstić information content (AvgIpc) is 3.14. The van der Waals surface area contributed by atoms with E-state index in [1.165, 1.54) is 17.1 Å². The Kier molecular flexibility index (Phi) is 5.14. The molecule has 0 aliphatic carbocycles. The quantitative estimate of drug-likeness (QED) is 0.649. The summed E-state index contributed by atoms with van der Waals surface area (Å²) in [4.78, 5) is 9.15. The van der Waals surface area contributed by atoms with Crippen molar-refractivity contribution in [1.82, 2.24) is 19.7 Å². The lowest BCUT2D eigenvalue weighted by atomic mass is 10.0. The lowest BCUT2D eigenvalue weighted by Gasteiger charge is -2.23. The summed E-state index contributed by atoms with van der Waals surface area (Å²) in [5, 5.41) is 7.21. The fourth-order valence-electron chi connectivity index (χ4n) is 3.11. The Labute approximate surface area is 163 Å². The summed E-state index contributed by atoms with van der Waals surface area (Å²) in [6.07, 6.45) is 4.66. The molecule has 0 amide bonds. The molecule has 0 unspecified atom stereocenters. The van der Waals surface area contributed by atoms with Crippen molar-refractivity contribution in [3.8, 4) is 0 Å². The highest BCUT2D eigenvalue weighted by Crippen LogP contribution is 2.25. The van der Waals surface area contributed by atoms with E-state index in [1.54, 1.807) is 13.1 Å². The van der Waals surface area contributed by atoms with Crippen LogP contribution in [0.1, 0.15) is 12.8 Å². The van der Waals surface area contributed by atoms with Crippen LogP contribution >= 0.6 is 0 Å². The summed E-state index contributed by atoms with van der Waals surface area (Å²) in [6, 6.07) is 7.36. The Hall–Kier alpha value is -2.72. The van der Waals surface area contributed by atoms with Gasteiger partial charge in [-0.2, -0.15) is 5.10 Å². The highest BCUT2D eigenvalue weighted by molar-refractivity contribution is 7.92. The minimum absolute atomic E-state index is 0.0698. The van der Waals surface area contributed by atoms with Crippen LogP contribution in [-0.2, 0) is 21.8 Å². The highest BCUT2D eigenvalue weighted by atomic mass is 32.2. The normalized spacial score (nSPS) is 15.6. The number of aryl methyl sites for hydroxylation is 1. The predicted molar refractivity (Wildman–Crippen MR) is 106 cm³/mol. The van der Waals surface area contributed by atoms with Gasteiger partial charge in [-0.05, 0) is 30.9 Å². The second kappa shape index (κ2) is 7.72. The standard InChI is InChI=1S/C18H22N6O3S/c1-24-12-14(11-20-24)28(25,26)23-18-17(19-10-13-6-8-27-9-7-13)21-15-4-2-3-5-16(15)22-18/h2-5,11-13H,6-10H2,1H3,(H,19,21)(H,22,23). The molecule has 1 aliphatic heterocycles. The summed E-state index contributed by atoms with van der Waals surface area (Å²) >= 11 is 0. The lowest BCUT2D eigenvalue weighted by Crippen LogP contribution is -2.24. The Balaban J connectivity index is 1.64. The number of hydrogen-bond donors (Lipinski definition) is 2. The fourth-order valence-corrected chi connectivity index (χ4v) is 4.10. The maximum atomic E-state index is 12.7. The number of hydrogen-bond acceptors (Lipinski definition) is 7. The third-order valence-electron chi connectivity index (χ3n) is 4.69. The zero-order valence-electron chi connectivity index (χ0n) is 15.5. The SMILES string of the molecule is Cn1cc(S(=O)(=O)Nc2nc3ccccc3nc2NCC2CCOCC2)cn1. The molecule has 4 rings (SSSR count). The van der Waals surface area contributed by atoms with Gasteiger partial charge >= 0.3 is 0 Å². The van der Waals surface area contributed by atoms with Gasteiger partial charge < -0.3 is 10.1 Å². The molecule has 2 N–H and O–H groups in total. The maximum absolute atomic E-state index is 12.7. The number of benzene rings is 1. The van der Waals surface area contributed by atoms with Crippen LogP contribution in [0.15, 0.2) is 41.6 Å². The van der Waals surface area contributed by atoms with Crippen LogP contribution in [0.2, 0.25) is 0 Å². The molecule has 1 saturated heterocycles. The van der Waals surface area contributed by atoms with Gasteiger partial charge in [-0.15, -0.1) is 0 Å². The molecule has 9 nitrogen and oxygen atoms in total. The monoisotopic (exact) mass is 402 g/mol. The third kappa shape index (κ3) is 4.07. The van der Waals surface area contributed by atoms with E-state index in [0.29, 0.717) is 29.3 Å². The molecule has 10 heteroatoms. The molecular weight excluding hydrogens is 380 g/mol. The molecule has 0 bridgehead atoms. The van der Waals surface area contributed by atoms with E-state index >= 15 is 0 Å². The number of para-hydroxylation sites is 2. The summed E-state index contributed by atoms with van der Waals surface area (Å²) in [6.45, 7) is 2.17. The first-order chi connectivity index (χ1) is 13.5. The fraction of sp³-hybridized carbons (Fsp3) is 0.389. The van der Waals surface area contributed by atoms with Gasteiger partial charge in [0.05, 0.1) is 17.2 Å². The summed E-state index contributed by atoms with van der Waals surface area (Å²) in [5.41, 5.74) is 1.31. The van der Waals surface area contributed by atoms with Crippen LogP contribution in [0.3, 0.4) is 0 Å². The molecule has 1 fully saturated rings. The second-order valence-corrected chi connectivity index (χ2v) is 8.48. The molecular formula is C18H22N6O3S. The summed E-state index contributed by atoms with van der Waals surface area (Å²) < 4.78 is 34.8. The van der Waals surface area contributed by atoms with E-state index in [9.17, 15) is 8.42 Å². The first-order valence-electron chi connectivity index (χ1n) is 9.11. The van der Waals surface area contributed by atoms with E-state index in [-0.39, 0.29) is 10.7 Å². The van der Waals surface area contributed by atoms with Gasteiger partial charge in [0.2, 0.25) is 0 Å². The van der Waals surface area contributed by atoms with Crippen molar-refractivity contribution in [3.05, 3.63) is 36.7 Å². The average molecular weight is 402 g/mol. The van der Waals surface area contributed by atoms with E-state index in [4.69, 9.17) is 4.74 Å². The van der Waals surface area contributed by atoms with Crippen LogP contribution in [0, 0.1) is 5.92 Å². The van der Waals surface area contributed by atoms with Crippen molar-refractivity contribution in [2.75, 3.05) is 29.8 Å². The van der Waals surface area contributed by atoms with Crippen molar-refractivity contribution >= 4 is 32.7 Å². The number of sulfonamides is 1. The van der Waals surface area contributed by atoms with E-state index in [0.717, 1.165) is 26.1 Å².